The van der Waals surface area contributed by atoms with Gasteiger partial charge in [0.1, 0.15) is 24.0 Å². The van der Waals surface area contributed by atoms with E-state index in [2.05, 4.69) is 10.2 Å². The third kappa shape index (κ3) is 4.00. The van der Waals surface area contributed by atoms with Crippen molar-refractivity contribution in [3.63, 3.8) is 0 Å². The van der Waals surface area contributed by atoms with Crippen molar-refractivity contribution < 1.29 is 13.5 Å². The minimum Gasteiger partial charge on any atom is -0.484 e. The predicted octanol–water partition coefficient (Wildman–Crippen LogP) is 5.98. The van der Waals surface area contributed by atoms with Crippen molar-refractivity contribution in [1.29, 1.82) is 0 Å². The normalized spacial score (nSPS) is 14.9. The van der Waals surface area contributed by atoms with Gasteiger partial charge in [-0.05, 0) is 44.0 Å². The van der Waals surface area contributed by atoms with E-state index < -0.39 is 16.9 Å². The van der Waals surface area contributed by atoms with E-state index in [1.165, 1.54) is 30.0 Å². The lowest BCUT2D eigenvalue weighted by Crippen LogP contribution is -2.08. The highest BCUT2D eigenvalue weighted by atomic mass is 35.5. The number of aromatic nitrogens is 3. The van der Waals surface area contributed by atoms with Gasteiger partial charge >= 0.3 is 0 Å². The zero-order chi connectivity index (χ0) is 19.7. The van der Waals surface area contributed by atoms with Gasteiger partial charge in [-0.1, -0.05) is 41.6 Å². The molecule has 0 amide bonds. The van der Waals surface area contributed by atoms with Crippen molar-refractivity contribution in [3.8, 4) is 5.75 Å². The smallest absolute Gasteiger partial charge is 0.192 e. The Hall–Kier alpha value is -2.12. The highest BCUT2D eigenvalue weighted by molar-refractivity contribution is 7.99. The maximum atomic E-state index is 14.1. The number of benzene rings is 2. The highest BCUT2D eigenvalue weighted by Crippen LogP contribution is 2.43. The number of nitrogens with zero attached hydrogens (tertiary/aromatic N) is 3. The molecule has 28 heavy (non-hydrogen) atoms. The second kappa shape index (κ2) is 8.09. The Balaban J connectivity index is 1.55. The van der Waals surface area contributed by atoms with Crippen LogP contribution in [-0.4, -0.2) is 14.8 Å². The van der Waals surface area contributed by atoms with Gasteiger partial charge in [-0.25, -0.2) is 8.78 Å². The fourth-order valence-electron chi connectivity index (χ4n) is 3.01. The van der Waals surface area contributed by atoms with E-state index >= 15 is 0 Å². The number of rotatable bonds is 7. The Bertz CT molecular complexity index is 973. The number of ether oxygens (including phenoxy) is 1. The fraction of sp³-hybridized carbons (Fsp3) is 0.300. The van der Waals surface area contributed by atoms with E-state index in [-0.39, 0.29) is 12.2 Å². The first-order valence-corrected chi connectivity index (χ1v) is 10.2. The predicted molar refractivity (Wildman–Crippen MR) is 105 cm³/mol. The molecule has 1 atom stereocenters. The van der Waals surface area contributed by atoms with Crippen molar-refractivity contribution in [3.05, 3.63) is 70.5 Å². The molecular weight excluding hydrogens is 404 g/mol. The molecule has 1 heterocycles. The molecule has 1 aromatic heterocycles. The van der Waals surface area contributed by atoms with Gasteiger partial charge < -0.3 is 4.74 Å². The molecule has 4 nitrogen and oxygen atoms in total. The maximum Gasteiger partial charge on any atom is 0.192 e. The van der Waals surface area contributed by atoms with Crippen LogP contribution < -0.4 is 4.74 Å². The minimum atomic E-state index is -0.556. The summed E-state index contributed by atoms with van der Waals surface area (Å²) in [6.07, 6.45) is 2.04. The molecule has 0 bridgehead atoms. The van der Waals surface area contributed by atoms with E-state index in [9.17, 15) is 8.78 Å². The van der Waals surface area contributed by atoms with Gasteiger partial charge in [0.25, 0.3) is 0 Å². The lowest BCUT2D eigenvalue weighted by Gasteiger charge is -2.15. The monoisotopic (exact) mass is 421 g/mol. The molecule has 4 rings (SSSR count). The molecule has 1 aliphatic carbocycles. The van der Waals surface area contributed by atoms with Crippen LogP contribution in [0.1, 0.15) is 42.4 Å². The Morgan fingerprint density at radius 3 is 2.54 bits per heavy atom. The Labute approximate surface area is 170 Å². The summed E-state index contributed by atoms with van der Waals surface area (Å²) in [5.41, 5.74) is 0.0479. The van der Waals surface area contributed by atoms with Crippen LogP contribution in [0.4, 0.5) is 8.78 Å². The van der Waals surface area contributed by atoms with Crippen molar-refractivity contribution in [2.75, 3.05) is 0 Å². The number of halogens is 3. The van der Waals surface area contributed by atoms with Crippen molar-refractivity contribution in [2.24, 2.45) is 0 Å². The van der Waals surface area contributed by atoms with Crippen LogP contribution in [0.25, 0.3) is 0 Å². The molecule has 1 aliphatic rings. The Morgan fingerprint density at radius 2 is 1.86 bits per heavy atom. The second-order valence-electron chi connectivity index (χ2n) is 6.61. The third-order valence-corrected chi connectivity index (χ3v) is 5.92. The van der Waals surface area contributed by atoms with Crippen LogP contribution in [-0.2, 0) is 6.61 Å². The van der Waals surface area contributed by atoms with E-state index in [1.54, 1.807) is 19.1 Å². The molecule has 0 saturated heterocycles. The van der Waals surface area contributed by atoms with E-state index in [1.807, 2.05) is 16.7 Å². The number of hydrogen-bond acceptors (Lipinski definition) is 4. The topological polar surface area (TPSA) is 39.9 Å². The van der Waals surface area contributed by atoms with Crippen LogP contribution in [0.2, 0.25) is 5.02 Å². The summed E-state index contributed by atoms with van der Waals surface area (Å²) < 4.78 is 36.0. The average molecular weight is 422 g/mol. The summed E-state index contributed by atoms with van der Waals surface area (Å²) in [5.74, 6) is 0.135. The lowest BCUT2D eigenvalue weighted by molar-refractivity contribution is 0.288. The first-order valence-electron chi connectivity index (χ1n) is 8.96. The summed E-state index contributed by atoms with van der Waals surface area (Å²) in [6.45, 7) is 1.98. The van der Waals surface area contributed by atoms with Crippen LogP contribution in [0.3, 0.4) is 0 Å². The van der Waals surface area contributed by atoms with Gasteiger partial charge in [-0.15, -0.1) is 10.2 Å². The number of para-hydroxylation sites is 1. The van der Waals surface area contributed by atoms with Crippen LogP contribution in [0.5, 0.6) is 5.75 Å². The zero-order valence-corrected chi connectivity index (χ0v) is 16.7. The molecule has 0 aliphatic heterocycles. The molecule has 0 N–H and O–H groups in total. The second-order valence-corrected chi connectivity index (χ2v) is 8.33. The SMILES string of the molecule is CC(Sc1nnc(COc2ccccc2Cl)n1C1CC1)c1c(F)cccc1F. The van der Waals surface area contributed by atoms with E-state index in [0.717, 1.165) is 12.8 Å². The number of hydrogen-bond donors (Lipinski definition) is 0. The van der Waals surface area contributed by atoms with Gasteiger partial charge in [0, 0.05) is 16.9 Å². The summed E-state index contributed by atoms with van der Waals surface area (Å²) in [6, 6.07) is 11.4. The molecule has 1 saturated carbocycles. The largest absolute Gasteiger partial charge is 0.484 e. The first kappa shape index (κ1) is 19.2. The minimum absolute atomic E-state index is 0.0479. The van der Waals surface area contributed by atoms with Crippen LogP contribution in [0, 0.1) is 11.6 Å². The molecule has 0 radical (unpaired) electrons. The van der Waals surface area contributed by atoms with Crippen molar-refractivity contribution in [1.82, 2.24) is 14.8 Å². The maximum absolute atomic E-state index is 14.1. The van der Waals surface area contributed by atoms with Gasteiger partial charge in [0.15, 0.2) is 11.0 Å². The standard InChI is InChI=1S/C20H18ClF2N3OS/c1-12(19-15(22)6-4-7-16(19)23)28-20-25-24-18(26(20)13-9-10-13)11-27-17-8-3-2-5-14(17)21/h2-8,12-13H,9-11H2,1H3. The van der Waals surface area contributed by atoms with Gasteiger partial charge in [-0.2, -0.15) is 0 Å². The van der Waals surface area contributed by atoms with Crippen LogP contribution in [0.15, 0.2) is 47.6 Å². The van der Waals surface area contributed by atoms with E-state index in [0.29, 0.717) is 27.8 Å². The highest BCUT2D eigenvalue weighted by Gasteiger charge is 2.31. The first-order chi connectivity index (χ1) is 13.5. The van der Waals surface area contributed by atoms with E-state index in [4.69, 9.17) is 16.3 Å². The summed E-state index contributed by atoms with van der Waals surface area (Å²) in [4.78, 5) is 0. The summed E-state index contributed by atoms with van der Waals surface area (Å²) >= 11 is 7.43. The van der Waals surface area contributed by atoms with Crippen LogP contribution >= 0.6 is 23.4 Å². The molecule has 146 valence electrons. The van der Waals surface area contributed by atoms with Crippen molar-refractivity contribution >= 4 is 23.4 Å². The molecule has 2 aromatic carbocycles. The molecule has 1 fully saturated rings. The fourth-order valence-corrected chi connectivity index (χ4v) is 4.31. The average Bonchev–Trinajstić information content (AvgIpc) is 3.42. The van der Waals surface area contributed by atoms with Gasteiger partial charge in [0.05, 0.1) is 5.02 Å². The van der Waals surface area contributed by atoms with Crippen molar-refractivity contribution in [2.45, 2.75) is 42.8 Å². The molecular formula is C20H18ClF2N3OS. The Morgan fingerprint density at radius 1 is 1.14 bits per heavy atom. The molecule has 0 spiro atoms. The van der Waals surface area contributed by atoms with Gasteiger partial charge in [-0.3, -0.25) is 4.57 Å². The summed E-state index contributed by atoms with van der Waals surface area (Å²) in [5, 5.41) is 9.22. The molecule has 8 heteroatoms. The quantitative estimate of drug-likeness (QED) is 0.440. The zero-order valence-electron chi connectivity index (χ0n) is 15.1. The third-order valence-electron chi connectivity index (χ3n) is 4.53. The summed E-state index contributed by atoms with van der Waals surface area (Å²) in [7, 11) is 0. The van der Waals surface area contributed by atoms with Gasteiger partial charge in [0.2, 0.25) is 0 Å². The Kier molecular flexibility index (Phi) is 5.55. The molecule has 1 unspecified atom stereocenters. The lowest BCUT2D eigenvalue weighted by atomic mass is 10.1. The molecule has 3 aromatic rings. The number of thioether (sulfide) groups is 1.